The van der Waals surface area contributed by atoms with Gasteiger partial charge in [0.2, 0.25) is 0 Å². The van der Waals surface area contributed by atoms with Crippen molar-refractivity contribution in [2.75, 3.05) is 6.54 Å². The third-order valence-electron chi connectivity index (χ3n) is 2.34. The second-order valence-electron chi connectivity index (χ2n) is 3.94. The topological polar surface area (TPSA) is 64.9 Å². The first-order chi connectivity index (χ1) is 9.17. The largest absolute Gasteiger partial charge is 0.386 e. The first-order valence-corrected chi connectivity index (χ1v) is 6.83. The molecule has 0 saturated heterocycles. The van der Waals surface area contributed by atoms with E-state index in [-0.39, 0.29) is 11.5 Å². The molecule has 0 aliphatic carbocycles. The lowest BCUT2D eigenvalue weighted by Crippen LogP contribution is -2.26. The number of carbonyl (C=O) groups excluding carboxylic acids is 1. The Balaban J connectivity index is 2.54. The Morgan fingerprint density at radius 2 is 2.32 bits per heavy atom. The summed E-state index contributed by atoms with van der Waals surface area (Å²) in [4.78, 5) is 11.6. The quantitative estimate of drug-likeness (QED) is 0.625. The molecule has 0 atom stereocenters. The van der Waals surface area contributed by atoms with Gasteiger partial charge in [0.15, 0.2) is 0 Å². The molecule has 4 nitrogen and oxygen atoms in total. The van der Waals surface area contributed by atoms with E-state index >= 15 is 0 Å². The molecule has 100 valence electrons. The minimum atomic E-state index is -0.342. The number of benzene rings is 1. The summed E-state index contributed by atoms with van der Waals surface area (Å²) in [7, 11) is 0. The molecule has 1 amide bonds. The van der Waals surface area contributed by atoms with Crippen LogP contribution in [0.3, 0.4) is 0 Å². The van der Waals surface area contributed by atoms with Crippen molar-refractivity contribution in [1.29, 1.82) is 5.26 Å². The van der Waals surface area contributed by atoms with Crippen LogP contribution in [0.5, 0.6) is 0 Å². The van der Waals surface area contributed by atoms with E-state index in [0.717, 1.165) is 16.5 Å². The highest BCUT2D eigenvalue weighted by molar-refractivity contribution is 9.10. The SMILES string of the molecule is CCCNC(=O)/C(C#N)=C\NCc1cccc(Br)c1. The molecule has 1 aromatic carbocycles. The van der Waals surface area contributed by atoms with Crippen LogP contribution in [-0.2, 0) is 11.3 Å². The van der Waals surface area contributed by atoms with E-state index in [1.807, 2.05) is 37.3 Å². The molecule has 0 unspecified atom stereocenters. The van der Waals surface area contributed by atoms with Crippen molar-refractivity contribution >= 4 is 21.8 Å². The van der Waals surface area contributed by atoms with Crippen molar-refractivity contribution < 1.29 is 4.79 Å². The predicted molar refractivity (Wildman–Crippen MR) is 78.0 cm³/mol. The second kappa shape index (κ2) is 8.33. The monoisotopic (exact) mass is 321 g/mol. The smallest absolute Gasteiger partial charge is 0.263 e. The van der Waals surface area contributed by atoms with Gasteiger partial charge in [-0.3, -0.25) is 4.79 Å². The number of nitrogens with one attached hydrogen (secondary N) is 2. The normalized spacial score (nSPS) is 10.7. The highest BCUT2D eigenvalue weighted by atomic mass is 79.9. The highest BCUT2D eigenvalue weighted by Crippen LogP contribution is 2.11. The first kappa shape index (κ1) is 15.3. The Morgan fingerprint density at radius 1 is 1.53 bits per heavy atom. The summed E-state index contributed by atoms with van der Waals surface area (Å²) < 4.78 is 0.997. The predicted octanol–water partition coefficient (Wildman–Crippen LogP) is 2.47. The third kappa shape index (κ3) is 5.58. The van der Waals surface area contributed by atoms with Crippen molar-refractivity contribution in [3.63, 3.8) is 0 Å². The zero-order valence-electron chi connectivity index (χ0n) is 10.7. The molecule has 0 aliphatic heterocycles. The van der Waals surface area contributed by atoms with Gasteiger partial charge in [0.25, 0.3) is 5.91 Å². The lowest BCUT2D eigenvalue weighted by atomic mass is 10.2. The number of nitrogens with zero attached hydrogens (tertiary/aromatic N) is 1. The molecule has 1 aromatic rings. The van der Waals surface area contributed by atoms with Gasteiger partial charge in [-0.25, -0.2) is 0 Å². The van der Waals surface area contributed by atoms with Gasteiger partial charge in [0.1, 0.15) is 11.6 Å². The van der Waals surface area contributed by atoms with Gasteiger partial charge >= 0.3 is 0 Å². The molecule has 0 spiro atoms. The average molecular weight is 322 g/mol. The van der Waals surface area contributed by atoms with Crippen LogP contribution >= 0.6 is 15.9 Å². The number of rotatable bonds is 6. The number of hydrogen-bond acceptors (Lipinski definition) is 3. The van der Waals surface area contributed by atoms with E-state index in [2.05, 4.69) is 26.6 Å². The maximum atomic E-state index is 11.6. The lowest BCUT2D eigenvalue weighted by molar-refractivity contribution is -0.117. The molecular formula is C14H16BrN3O. The Kier molecular flexibility index (Phi) is 6.69. The molecule has 0 radical (unpaired) electrons. The molecule has 0 fully saturated rings. The summed E-state index contributed by atoms with van der Waals surface area (Å²) in [6.45, 7) is 3.09. The number of amides is 1. The minimum Gasteiger partial charge on any atom is -0.386 e. The summed E-state index contributed by atoms with van der Waals surface area (Å²) in [5, 5.41) is 14.5. The maximum Gasteiger partial charge on any atom is 0.263 e. The van der Waals surface area contributed by atoms with Gasteiger partial charge in [-0.05, 0) is 24.1 Å². The molecule has 0 aromatic heterocycles. The molecule has 0 saturated carbocycles. The van der Waals surface area contributed by atoms with Crippen LogP contribution in [0.4, 0.5) is 0 Å². The molecular weight excluding hydrogens is 306 g/mol. The molecule has 2 N–H and O–H groups in total. The summed E-state index contributed by atoms with van der Waals surface area (Å²) in [5.74, 6) is -0.342. The van der Waals surface area contributed by atoms with Gasteiger partial charge < -0.3 is 10.6 Å². The zero-order chi connectivity index (χ0) is 14.1. The second-order valence-corrected chi connectivity index (χ2v) is 4.85. The van der Waals surface area contributed by atoms with E-state index in [9.17, 15) is 4.79 Å². The van der Waals surface area contributed by atoms with Crippen molar-refractivity contribution in [2.45, 2.75) is 19.9 Å². The van der Waals surface area contributed by atoms with Crippen LogP contribution in [0, 0.1) is 11.3 Å². The highest BCUT2D eigenvalue weighted by Gasteiger charge is 2.06. The fourth-order valence-electron chi connectivity index (χ4n) is 1.40. The van der Waals surface area contributed by atoms with Crippen molar-refractivity contribution in [1.82, 2.24) is 10.6 Å². The summed E-state index contributed by atoms with van der Waals surface area (Å²) in [5.41, 5.74) is 1.15. The van der Waals surface area contributed by atoms with Crippen molar-refractivity contribution in [3.05, 3.63) is 46.1 Å². The van der Waals surface area contributed by atoms with Gasteiger partial charge in [-0.1, -0.05) is 35.0 Å². The number of carbonyl (C=O) groups is 1. The lowest BCUT2D eigenvalue weighted by Gasteiger charge is -2.04. The third-order valence-corrected chi connectivity index (χ3v) is 2.84. The maximum absolute atomic E-state index is 11.6. The molecule has 0 heterocycles. The standard InChI is InChI=1S/C14H16BrN3O/c1-2-6-18-14(19)12(8-16)10-17-9-11-4-3-5-13(15)7-11/h3-5,7,10,17H,2,6,9H2,1H3,(H,18,19)/b12-10-. The van der Waals surface area contributed by atoms with E-state index in [0.29, 0.717) is 13.1 Å². The van der Waals surface area contributed by atoms with Crippen molar-refractivity contribution in [2.24, 2.45) is 0 Å². The summed E-state index contributed by atoms with van der Waals surface area (Å²) in [6, 6.07) is 9.71. The molecule has 0 bridgehead atoms. The zero-order valence-corrected chi connectivity index (χ0v) is 12.3. The van der Waals surface area contributed by atoms with Crippen molar-refractivity contribution in [3.8, 4) is 6.07 Å². The number of halogens is 1. The van der Waals surface area contributed by atoms with Crippen LogP contribution in [0.25, 0.3) is 0 Å². The fraction of sp³-hybridized carbons (Fsp3) is 0.286. The summed E-state index contributed by atoms with van der Waals surface area (Å²) in [6.07, 6.45) is 2.29. The minimum absolute atomic E-state index is 0.0865. The van der Waals surface area contributed by atoms with Crippen LogP contribution in [0.1, 0.15) is 18.9 Å². The fourth-order valence-corrected chi connectivity index (χ4v) is 1.85. The van der Waals surface area contributed by atoms with E-state index in [4.69, 9.17) is 5.26 Å². The first-order valence-electron chi connectivity index (χ1n) is 6.03. The van der Waals surface area contributed by atoms with E-state index in [1.165, 1.54) is 6.20 Å². The Hall–Kier alpha value is -1.80. The number of nitriles is 1. The number of hydrogen-bond donors (Lipinski definition) is 2. The Morgan fingerprint density at radius 3 is 2.95 bits per heavy atom. The van der Waals surface area contributed by atoms with Crippen LogP contribution in [-0.4, -0.2) is 12.5 Å². The Labute approximate surface area is 121 Å². The van der Waals surface area contributed by atoms with Gasteiger partial charge in [-0.15, -0.1) is 0 Å². The average Bonchev–Trinajstić information content (AvgIpc) is 2.41. The molecule has 5 heteroatoms. The van der Waals surface area contributed by atoms with E-state index < -0.39 is 0 Å². The van der Waals surface area contributed by atoms with Crippen LogP contribution in [0.15, 0.2) is 40.5 Å². The van der Waals surface area contributed by atoms with Gasteiger partial charge in [0.05, 0.1) is 0 Å². The molecule has 1 rings (SSSR count). The summed E-state index contributed by atoms with van der Waals surface area (Å²) >= 11 is 3.39. The Bertz CT molecular complexity index is 506. The van der Waals surface area contributed by atoms with Gasteiger partial charge in [0, 0.05) is 23.8 Å². The molecule has 0 aliphatic rings. The van der Waals surface area contributed by atoms with Crippen LogP contribution < -0.4 is 10.6 Å². The molecule has 19 heavy (non-hydrogen) atoms. The van der Waals surface area contributed by atoms with E-state index in [1.54, 1.807) is 0 Å². The van der Waals surface area contributed by atoms with Gasteiger partial charge in [-0.2, -0.15) is 5.26 Å². The van der Waals surface area contributed by atoms with Crippen LogP contribution in [0.2, 0.25) is 0 Å².